The van der Waals surface area contributed by atoms with Crippen molar-refractivity contribution in [3.05, 3.63) is 64.4 Å². The molecule has 184 valence electrons. The number of hydrogen-bond donors (Lipinski definition) is 1. The van der Waals surface area contributed by atoms with E-state index >= 15 is 0 Å². The highest BCUT2D eigenvalue weighted by Gasteiger charge is 2.18. The van der Waals surface area contributed by atoms with Crippen molar-refractivity contribution in [1.82, 2.24) is 9.55 Å². The Morgan fingerprint density at radius 1 is 1.11 bits per heavy atom. The van der Waals surface area contributed by atoms with E-state index < -0.39 is 0 Å². The van der Waals surface area contributed by atoms with Crippen molar-refractivity contribution < 1.29 is 13.9 Å². The van der Waals surface area contributed by atoms with Crippen LogP contribution in [0.3, 0.4) is 0 Å². The van der Waals surface area contributed by atoms with Crippen LogP contribution in [0, 0.1) is 0 Å². The summed E-state index contributed by atoms with van der Waals surface area (Å²) in [5.41, 5.74) is 3.08. The molecule has 0 bridgehead atoms. The molecule has 1 amide bonds. The first-order valence-corrected chi connectivity index (χ1v) is 12.9. The number of nitrogens with zero attached hydrogens (tertiary/aromatic N) is 2. The summed E-state index contributed by atoms with van der Waals surface area (Å²) in [5.74, 6) is 0.397. The number of aromatic nitrogens is 2. The maximum absolute atomic E-state index is 13.3. The van der Waals surface area contributed by atoms with E-state index in [2.05, 4.69) is 19.2 Å². The van der Waals surface area contributed by atoms with Crippen LogP contribution in [0.1, 0.15) is 45.6 Å². The molecule has 2 aromatic heterocycles. The number of amides is 1. The van der Waals surface area contributed by atoms with E-state index in [1.165, 1.54) is 17.3 Å². The van der Waals surface area contributed by atoms with E-state index in [1.807, 2.05) is 62.4 Å². The number of fused-ring (bicyclic) bond motifs is 3. The van der Waals surface area contributed by atoms with Gasteiger partial charge in [-0.25, -0.2) is 4.98 Å². The number of hydrogen-bond acceptors (Lipinski definition) is 6. The Balaban J connectivity index is 1.56. The average molecular weight is 494 g/mol. The highest BCUT2D eigenvalue weighted by atomic mass is 32.2. The lowest BCUT2D eigenvalue weighted by molar-refractivity contribution is -0.113. The van der Waals surface area contributed by atoms with Gasteiger partial charge in [-0.15, -0.1) is 0 Å². The smallest absolute Gasteiger partial charge is 0.297 e. The number of ether oxygens (including phenoxy) is 1. The normalized spacial score (nSPS) is 11.7. The van der Waals surface area contributed by atoms with Gasteiger partial charge in [0.05, 0.1) is 11.9 Å². The molecule has 8 heteroatoms. The third kappa shape index (κ3) is 5.94. The molecule has 0 aliphatic rings. The number of nitrogens with one attached hydrogen (secondary N) is 1. The molecule has 0 spiro atoms. The summed E-state index contributed by atoms with van der Waals surface area (Å²) in [7, 11) is 0. The Hall–Kier alpha value is -3.10. The predicted octanol–water partition coefficient (Wildman–Crippen LogP) is 5.81. The second-order valence-electron chi connectivity index (χ2n) is 9.01. The molecule has 0 atom stereocenters. The van der Waals surface area contributed by atoms with Crippen LogP contribution in [-0.2, 0) is 16.1 Å². The van der Waals surface area contributed by atoms with E-state index in [4.69, 9.17) is 14.1 Å². The van der Waals surface area contributed by atoms with E-state index in [-0.39, 0.29) is 28.9 Å². The van der Waals surface area contributed by atoms with Crippen molar-refractivity contribution >= 4 is 45.4 Å². The number of para-hydroxylation sites is 1. The molecule has 7 nitrogen and oxygen atoms in total. The molecule has 0 saturated heterocycles. The average Bonchev–Trinajstić information content (AvgIpc) is 3.21. The summed E-state index contributed by atoms with van der Waals surface area (Å²) in [6, 6.07) is 15.3. The Kier molecular flexibility index (Phi) is 7.93. The van der Waals surface area contributed by atoms with Crippen LogP contribution >= 0.6 is 11.8 Å². The fourth-order valence-corrected chi connectivity index (χ4v) is 4.60. The van der Waals surface area contributed by atoms with Gasteiger partial charge in [0.2, 0.25) is 11.5 Å². The van der Waals surface area contributed by atoms with Gasteiger partial charge in [-0.05, 0) is 56.0 Å². The summed E-state index contributed by atoms with van der Waals surface area (Å²) in [6.07, 6.45) is 0.767. The molecule has 4 aromatic rings. The highest BCUT2D eigenvalue weighted by Crippen LogP contribution is 2.27. The molecular weight excluding hydrogens is 462 g/mol. The molecule has 2 aromatic carbocycles. The first-order valence-electron chi connectivity index (χ1n) is 11.9. The minimum atomic E-state index is -0.247. The zero-order chi connectivity index (χ0) is 24.9. The van der Waals surface area contributed by atoms with Gasteiger partial charge in [-0.2, -0.15) is 0 Å². The van der Waals surface area contributed by atoms with Gasteiger partial charge < -0.3 is 14.5 Å². The summed E-state index contributed by atoms with van der Waals surface area (Å²) in [6.45, 7) is 9.16. The summed E-state index contributed by atoms with van der Waals surface area (Å²) in [5, 5.41) is 4.20. The van der Waals surface area contributed by atoms with Crippen LogP contribution in [0.4, 0.5) is 5.69 Å². The fourth-order valence-electron chi connectivity index (χ4n) is 3.78. The maximum Gasteiger partial charge on any atom is 0.297 e. The number of anilines is 1. The molecule has 0 unspecified atom stereocenters. The van der Waals surface area contributed by atoms with Gasteiger partial charge in [0.15, 0.2) is 5.16 Å². The Morgan fingerprint density at radius 3 is 2.57 bits per heavy atom. The van der Waals surface area contributed by atoms with Gasteiger partial charge in [0.1, 0.15) is 11.1 Å². The zero-order valence-electron chi connectivity index (χ0n) is 20.5. The minimum Gasteiger partial charge on any atom is -0.448 e. The number of carbonyl (C=O) groups is 1. The van der Waals surface area contributed by atoms with Crippen molar-refractivity contribution in [3.8, 4) is 0 Å². The number of carbonyl (C=O) groups excluding carboxylic acids is 1. The van der Waals surface area contributed by atoms with Crippen LogP contribution in [0.15, 0.2) is 62.9 Å². The maximum atomic E-state index is 13.3. The van der Waals surface area contributed by atoms with Gasteiger partial charge in [0.25, 0.3) is 5.56 Å². The fraction of sp³-hybridized carbons (Fsp3) is 0.370. The SMILES string of the molecule is CC(C)OCCCn1c(SCC(=O)Nc2ccc(C(C)C)cc2)nc2c(oc3ccccc32)c1=O. The molecule has 4 rings (SSSR count). The van der Waals surface area contributed by atoms with E-state index in [0.717, 1.165) is 11.1 Å². The second kappa shape index (κ2) is 11.1. The molecule has 0 radical (unpaired) electrons. The first-order chi connectivity index (χ1) is 16.8. The zero-order valence-corrected chi connectivity index (χ0v) is 21.4. The standard InChI is InChI=1S/C27H31N3O4S/c1-17(2)19-10-12-20(13-11-19)28-23(31)16-35-27-29-24-21-8-5-6-9-22(21)34-25(24)26(32)30(27)14-7-15-33-18(3)4/h5-6,8-13,17-18H,7,14-16H2,1-4H3,(H,28,31). The molecular formula is C27H31N3O4S. The molecule has 0 fully saturated rings. The molecule has 0 saturated carbocycles. The molecule has 0 aliphatic carbocycles. The third-order valence-corrected chi connectivity index (χ3v) is 6.59. The summed E-state index contributed by atoms with van der Waals surface area (Å²) in [4.78, 5) is 30.8. The molecule has 1 N–H and O–H groups in total. The summed E-state index contributed by atoms with van der Waals surface area (Å²) >= 11 is 1.25. The van der Waals surface area contributed by atoms with Crippen molar-refractivity contribution in [2.45, 2.75) is 57.8 Å². The van der Waals surface area contributed by atoms with Gasteiger partial charge in [-0.1, -0.05) is 49.9 Å². The van der Waals surface area contributed by atoms with E-state index in [1.54, 1.807) is 4.57 Å². The van der Waals surface area contributed by atoms with Gasteiger partial charge in [0, 0.05) is 24.2 Å². The van der Waals surface area contributed by atoms with Crippen LogP contribution in [0.2, 0.25) is 0 Å². The van der Waals surface area contributed by atoms with Crippen molar-refractivity contribution in [3.63, 3.8) is 0 Å². The minimum absolute atomic E-state index is 0.120. The van der Waals surface area contributed by atoms with Crippen LogP contribution in [0.5, 0.6) is 0 Å². The number of thioether (sulfide) groups is 1. The van der Waals surface area contributed by atoms with Crippen molar-refractivity contribution in [1.29, 1.82) is 0 Å². The quantitative estimate of drug-likeness (QED) is 0.170. The predicted molar refractivity (Wildman–Crippen MR) is 141 cm³/mol. The van der Waals surface area contributed by atoms with Gasteiger partial charge >= 0.3 is 0 Å². The van der Waals surface area contributed by atoms with Crippen LogP contribution in [-0.4, -0.2) is 33.9 Å². The first kappa shape index (κ1) is 25.0. The highest BCUT2D eigenvalue weighted by molar-refractivity contribution is 7.99. The largest absolute Gasteiger partial charge is 0.448 e. The second-order valence-corrected chi connectivity index (χ2v) is 9.96. The number of furan rings is 1. The van der Waals surface area contributed by atoms with E-state index in [0.29, 0.717) is 41.7 Å². The lowest BCUT2D eigenvalue weighted by Gasteiger charge is -2.13. The Bertz CT molecular complexity index is 1370. The number of benzene rings is 2. The summed E-state index contributed by atoms with van der Waals surface area (Å²) < 4.78 is 13.1. The molecule has 2 heterocycles. The lowest BCUT2D eigenvalue weighted by atomic mass is 10.0. The topological polar surface area (TPSA) is 86.4 Å². The number of rotatable bonds is 10. The van der Waals surface area contributed by atoms with Crippen LogP contribution < -0.4 is 10.9 Å². The molecule has 35 heavy (non-hydrogen) atoms. The van der Waals surface area contributed by atoms with Gasteiger partial charge in [-0.3, -0.25) is 14.2 Å². The van der Waals surface area contributed by atoms with E-state index in [9.17, 15) is 9.59 Å². The van der Waals surface area contributed by atoms with Crippen molar-refractivity contribution in [2.24, 2.45) is 0 Å². The Labute approximate surface area is 208 Å². The lowest BCUT2D eigenvalue weighted by Crippen LogP contribution is -2.24. The monoisotopic (exact) mass is 493 g/mol. The molecule has 0 aliphatic heterocycles. The van der Waals surface area contributed by atoms with Crippen molar-refractivity contribution in [2.75, 3.05) is 17.7 Å². The Morgan fingerprint density at radius 2 is 1.86 bits per heavy atom. The third-order valence-electron chi connectivity index (χ3n) is 5.62. The van der Waals surface area contributed by atoms with Crippen LogP contribution in [0.25, 0.3) is 22.1 Å².